The number of hydrogen-bond donors (Lipinski definition) is 0. The van der Waals surface area contributed by atoms with Crippen molar-refractivity contribution in [3.8, 4) is 0 Å². The Bertz CT molecular complexity index is 395. The minimum Gasteiger partial charge on any atom is -0.383 e. The van der Waals surface area contributed by atoms with Crippen LogP contribution in [0, 0.1) is 6.92 Å². The topological polar surface area (TPSA) is 29.5 Å². The summed E-state index contributed by atoms with van der Waals surface area (Å²) in [6, 6.07) is 8.40. The summed E-state index contributed by atoms with van der Waals surface area (Å²) in [4.78, 5) is 14.4. The molecule has 0 spiro atoms. The maximum absolute atomic E-state index is 12.2. The average Bonchev–Trinajstić information content (AvgIpc) is 3.19. The molecule has 1 saturated carbocycles. The molecule has 0 unspecified atom stereocenters. The summed E-state index contributed by atoms with van der Waals surface area (Å²) in [7, 11) is 1.70. The second kappa shape index (κ2) is 6.12. The zero-order valence-corrected chi connectivity index (χ0v) is 11.2. The van der Waals surface area contributed by atoms with Crippen molar-refractivity contribution in [2.75, 3.05) is 26.8 Å². The number of aryl methyl sites for hydroxylation is 1. The van der Waals surface area contributed by atoms with Gasteiger partial charge in [-0.2, -0.15) is 0 Å². The van der Waals surface area contributed by atoms with E-state index in [1.54, 1.807) is 7.11 Å². The summed E-state index contributed by atoms with van der Waals surface area (Å²) in [6.07, 6.45) is 2.43. The van der Waals surface area contributed by atoms with Crippen LogP contribution in [-0.2, 0) is 4.74 Å². The van der Waals surface area contributed by atoms with Crippen LogP contribution in [-0.4, -0.2) is 43.5 Å². The molecule has 0 aromatic heterocycles. The molecule has 1 aliphatic carbocycles. The SMILES string of the molecule is COCCN(CC(=O)c1ccc(C)cc1)C1CC1. The standard InChI is InChI=1S/C15H21NO2/c1-12-3-5-13(6-4-12)15(17)11-16(9-10-18-2)14-7-8-14/h3-6,14H,7-11H2,1-2H3. The Morgan fingerprint density at radius 1 is 1.33 bits per heavy atom. The molecule has 1 aromatic carbocycles. The normalized spacial score (nSPS) is 15.1. The van der Waals surface area contributed by atoms with Crippen LogP contribution in [0.4, 0.5) is 0 Å². The van der Waals surface area contributed by atoms with Crippen LogP contribution in [0.3, 0.4) is 0 Å². The van der Waals surface area contributed by atoms with Crippen LogP contribution in [0.2, 0.25) is 0 Å². The van der Waals surface area contributed by atoms with Gasteiger partial charge in [0, 0.05) is 25.3 Å². The number of carbonyl (C=O) groups excluding carboxylic acids is 1. The molecule has 98 valence electrons. The van der Waals surface area contributed by atoms with Crippen LogP contribution < -0.4 is 0 Å². The van der Waals surface area contributed by atoms with Crippen molar-refractivity contribution in [3.05, 3.63) is 35.4 Å². The van der Waals surface area contributed by atoms with Crippen molar-refractivity contribution in [3.63, 3.8) is 0 Å². The number of carbonyl (C=O) groups is 1. The van der Waals surface area contributed by atoms with E-state index in [4.69, 9.17) is 4.74 Å². The van der Waals surface area contributed by atoms with Crippen LogP contribution in [0.25, 0.3) is 0 Å². The predicted octanol–water partition coefficient (Wildman–Crippen LogP) is 2.29. The van der Waals surface area contributed by atoms with Crippen LogP contribution in [0.1, 0.15) is 28.8 Å². The molecule has 0 atom stereocenters. The largest absolute Gasteiger partial charge is 0.383 e. The van der Waals surface area contributed by atoms with Crippen molar-refractivity contribution < 1.29 is 9.53 Å². The van der Waals surface area contributed by atoms with E-state index < -0.39 is 0 Å². The Morgan fingerprint density at radius 3 is 2.56 bits per heavy atom. The lowest BCUT2D eigenvalue weighted by Gasteiger charge is -2.20. The van der Waals surface area contributed by atoms with Gasteiger partial charge in [-0.3, -0.25) is 9.69 Å². The minimum atomic E-state index is 0.206. The van der Waals surface area contributed by atoms with E-state index >= 15 is 0 Å². The summed E-state index contributed by atoms with van der Waals surface area (Å²) < 4.78 is 5.10. The number of ketones is 1. The van der Waals surface area contributed by atoms with E-state index in [2.05, 4.69) is 4.90 Å². The van der Waals surface area contributed by atoms with Gasteiger partial charge in [-0.1, -0.05) is 29.8 Å². The molecule has 0 amide bonds. The number of rotatable bonds is 7. The van der Waals surface area contributed by atoms with Gasteiger partial charge in [0.2, 0.25) is 0 Å². The molecule has 0 heterocycles. The van der Waals surface area contributed by atoms with Gasteiger partial charge in [-0.15, -0.1) is 0 Å². The van der Waals surface area contributed by atoms with Crippen LogP contribution in [0.15, 0.2) is 24.3 Å². The smallest absolute Gasteiger partial charge is 0.176 e. The molecule has 0 radical (unpaired) electrons. The molecule has 2 rings (SSSR count). The lowest BCUT2D eigenvalue weighted by atomic mass is 10.1. The van der Waals surface area contributed by atoms with Crippen molar-refractivity contribution in [1.29, 1.82) is 0 Å². The number of benzene rings is 1. The van der Waals surface area contributed by atoms with E-state index in [0.717, 1.165) is 12.1 Å². The number of ether oxygens (including phenoxy) is 1. The highest BCUT2D eigenvalue weighted by Gasteiger charge is 2.29. The van der Waals surface area contributed by atoms with E-state index in [-0.39, 0.29) is 5.78 Å². The zero-order valence-electron chi connectivity index (χ0n) is 11.2. The lowest BCUT2D eigenvalue weighted by Crippen LogP contribution is -2.34. The van der Waals surface area contributed by atoms with Gasteiger partial charge in [-0.25, -0.2) is 0 Å². The van der Waals surface area contributed by atoms with Gasteiger partial charge in [0.05, 0.1) is 13.2 Å². The highest BCUT2D eigenvalue weighted by Crippen LogP contribution is 2.26. The Kier molecular flexibility index (Phi) is 4.50. The number of nitrogens with zero attached hydrogens (tertiary/aromatic N) is 1. The fraction of sp³-hybridized carbons (Fsp3) is 0.533. The summed E-state index contributed by atoms with van der Waals surface area (Å²) in [5.41, 5.74) is 1.99. The fourth-order valence-electron chi connectivity index (χ4n) is 2.05. The fourth-order valence-corrected chi connectivity index (χ4v) is 2.05. The first kappa shape index (κ1) is 13.2. The Labute approximate surface area is 109 Å². The van der Waals surface area contributed by atoms with E-state index in [0.29, 0.717) is 19.2 Å². The first-order chi connectivity index (χ1) is 8.70. The molecule has 0 aliphatic heterocycles. The summed E-state index contributed by atoms with van der Waals surface area (Å²) in [5.74, 6) is 0.206. The van der Waals surface area contributed by atoms with Gasteiger partial charge < -0.3 is 4.74 Å². The highest BCUT2D eigenvalue weighted by molar-refractivity contribution is 5.97. The van der Waals surface area contributed by atoms with Gasteiger partial charge in [0.25, 0.3) is 0 Å². The number of methoxy groups -OCH3 is 1. The van der Waals surface area contributed by atoms with Gasteiger partial charge in [0.15, 0.2) is 5.78 Å². The Balaban J connectivity index is 1.93. The van der Waals surface area contributed by atoms with E-state index in [1.807, 2.05) is 31.2 Å². The number of Topliss-reactive ketones (excluding diaryl/α,β-unsaturated/α-hetero) is 1. The third kappa shape index (κ3) is 3.65. The molecule has 0 bridgehead atoms. The molecule has 1 aromatic rings. The summed E-state index contributed by atoms with van der Waals surface area (Å²) in [6.45, 7) is 4.08. The first-order valence-electron chi connectivity index (χ1n) is 6.53. The summed E-state index contributed by atoms with van der Waals surface area (Å²) in [5, 5.41) is 0. The van der Waals surface area contributed by atoms with Gasteiger partial charge in [-0.05, 0) is 19.8 Å². The minimum absolute atomic E-state index is 0.206. The third-order valence-corrected chi connectivity index (χ3v) is 3.37. The Morgan fingerprint density at radius 2 is 2.00 bits per heavy atom. The average molecular weight is 247 g/mol. The molecule has 1 fully saturated rings. The quantitative estimate of drug-likeness (QED) is 0.692. The van der Waals surface area contributed by atoms with Crippen molar-refractivity contribution >= 4 is 5.78 Å². The summed E-state index contributed by atoms with van der Waals surface area (Å²) >= 11 is 0. The molecule has 0 N–H and O–H groups in total. The van der Waals surface area contributed by atoms with Crippen molar-refractivity contribution in [2.24, 2.45) is 0 Å². The number of hydrogen-bond acceptors (Lipinski definition) is 3. The second-order valence-corrected chi connectivity index (χ2v) is 4.98. The second-order valence-electron chi connectivity index (χ2n) is 4.98. The van der Waals surface area contributed by atoms with Crippen molar-refractivity contribution in [1.82, 2.24) is 4.90 Å². The molecule has 1 aliphatic rings. The van der Waals surface area contributed by atoms with Crippen LogP contribution >= 0.6 is 0 Å². The maximum atomic E-state index is 12.2. The van der Waals surface area contributed by atoms with Crippen LogP contribution in [0.5, 0.6) is 0 Å². The van der Waals surface area contributed by atoms with Crippen molar-refractivity contribution in [2.45, 2.75) is 25.8 Å². The first-order valence-corrected chi connectivity index (χ1v) is 6.53. The molecule has 18 heavy (non-hydrogen) atoms. The highest BCUT2D eigenvalue weighted by atomic mass is 16.5. The van der Waals surface area contributed by atoms with Gasteiger partial charge in [0.1, 0.15) is 0 Å². The molecular formula is C15H21NO2. The van der Waals surface area contributed by atoms with E-state index in [1.165, 1.54) is 18.4 Å². The maximum Gasteiger partial charge on any atom is 0.176 e. The predicted molar refractivity (Wildman–Crippen MR) is 72.0 cm³/mol. The van der Waals surface area contributed by atoms with Gasteiger partial charge >= 0.3 is 0 Å². The Hall–Kier alpha value is -1.19. The van der Waals surface area contributed by atoms with E-state index in [9.17, 15) is 4.79 Å². The molecular weight excluding hydrogens is 226 g/mol. The zero-order chi connectivity index (χ0) is 13.0. The monoisotopic (exact) mass is 247 g/mol. The lowest BCUT2D eigenvalue weighted by molar-refractivity contribution is 0.0886. The third-order valence-electron chi connectivity index (χ3n) is 3.37. The molecule has 0 saturated heterocycles. The molecule has 3 heteroatoms. The molecule has 3 nitrogen and oxygen atoms in total.